The number of carbonyl (C=O) groups is 2. The zero-order valence-corrected chi connectivity index (χ0v) is 23.8. The van der Waals surface area contributed by atoms with Gasteiger partial charge in [-0.2, -0.15) is 5.26 Å². The quantitative estimate of drug-likeness (QED) is 0.218. The van der Waals surface area contributed by atoms with E-state index in [1.54, 1.807) is 42.5 Å². The number of hydrogen-bond donors (Lipinski definition) is 4. The SMILES string of the molecule is N#Cc1cnc2c(NC(=O)C=C3CCNCC3)c(OC3CCOC3)ccc2c1Nc1ncc(NC(=O)c2ccccc2)cn1. The van der Waals surface area contributed by atoms with E-state index in [1.807, 2.05) is 6.07 Å². The van der Waals surface area contributed by atoms with Crippen LogP contribution in [-0.4, -0.2) is 59.2 Å². The monoisotopic (exact) mass is 590 g/mol. The summed E-state index contributed by atoms with van der Waals surface area (Å²) in [6, 6.07) is 14.5. The summed E-state index contributed by atoms with van der Waals surface area (Å²) in [7, 11) is 0. The maximum atomic E-state index is 13.2. The molecule has 2 aliphatic heterocycles. The first-order chi connectivity index (χ1) is 21.6. The number of fused-ring (bicyclic) bond motifs is 1. The van der Waals surface area contributed by atoms with E-state index in [0.29, 0.717) is 52.5 Å². The molecule has 12 heteroatoms. The summed E-state index contributed by atoms with van der Waals surface area (Å²) in [4.78, 5) is 38.9. The molecule has 0 aliphatic carbocycles. The second kappa shape index (κ2) is 13.3. The van der Waals surface area contributed by atoms with Crippen LogP contribution >= 0.6 is 0 Å². The van der Waals surface area contributed by atoms with E-state index in [1.165, 1.54) is 18.6 Å². The van der Waals surface area contributed by atoms with Crippen molar-refractivity contribution >= 4 is 45.7 Å². The van der Waals surface area contributed by atoms with Gasteiger partial charge in [-0.3, -0.25) is 14.6 Å². The number of rotatable bonds is 8. The minimum Gasteiger partial charge on any atom is -0.486 e. The van der Waals surface area contributed by atoms with Crippen molar-refractivity contribution in [3.63, 3.8) is 0 Å². The lowest BCUT2D eigenvalue weighted by molar-refractivity contribution is -0.112. The van der Waals surface area contributed by atoms with Crippen molar-refractivity contribution in [3.05, 3.63) is 83.8 Å². The fourth-order valence-corrected chi connectivity index (χ4v) is 5.07. The zero-order chi connectivity index (χ0) is 30.3. The Kier molecular flexibility index (Phi) is 8.67. The molecule has 2 fully saturated rings. The number of anilines is 4. The molecule has 222 valence electrons. The summed E-state index contributed by atoms with van der Waals surface area (Å²) in [6.45, 7) is 2.72. The van der Waals surface area contributed by atoms with Gasteiger partial charge in [-0.05, 0) is 50.2 Å². The van der Waals surface area contributed by atoms with Crippen molar-refractivity contribution in [2.24, 2.45) is 0 Å². The summed E-state index contributed by atoms with van der Waals surface area (Å²) in [5.74, 6) is 0.104. The summed E-state index contributed by atoms with van der Waals surface area (Å²) in [5.41, 5.74) is 3.50. The molecule has 1 unspecified atom stereocenters. The second-order valence-corrected chi connectivity index (χ2v) is 10.4. The summed E-state index contributed by atoms with van der Waals surface area (Å²) in [5, 5.41) is 22.7. The van der Waals surface area contributed by atoms with E-state index < -0.39 is 0 Å². The molecule has 6 rings (SSSR count). The predicted molar refractivity (Wildman–Crippen MR) is 165 cm³/mol. The molecule has 4 heterocycles. The van der Waals surface area contributed by atoms with Gasteiger partial charge in [-0.1, -0.05) is 23.8 Å². The average molecular weight is 591 g/mol. The highest BCUT2D eigenvalue weighted by Crippen LogP contribution is 2.38. The van der Waals surface area contributed by atoms with Crippen LogP contribution < -0.4 is 26.0 Å². The normalized spacial score (nSPS) is 16.2. The lowest BCUT2D eigenvalue weighted by atomic mass is 10.0. The third kappa shape index (κ3) is 6.64. The van der Waals surface area contributed by atoms with Crippen LogP contribution in [0.4, 0.5) is 23.0 Å². The molecular weight excluding hydrogens is 560 g/mol. The van der Waals surface area contributed by atoms with Crippen LogP contribution in [0.1, 0.15) is 35.2 Å². The summed E-state index contributed by atoms with van der Waals surface area (Å²) < 4.78 is 11.7. The number of nitrogens with zero attached hydrogens (tertiary/aromatic N) is 4. The van der Waals surface area contributed by atoms with Crippen molar-refractivity contribution in [2.45, 2.75) is 25.4 Å². The third-order valence-electron chi connectivity index (χ3n) is 7.31. The number of piperidine rings is 1. The van der Waals surface area contributed by atoms with E-state index in [-0.39, 0.29) is 29.4 Å². The highest BCUT2D eigenvalue weighted by molar-refractivity contribution is 6.10. The molecule has 12 nitrogen and oxygen atoms in total. The third-order valence-corrected chi connectivity index (χ3v) is 7.31. The Hall–Kier alpha value is -5.38. The molecule has 4 N–H and O–H groups in total. The summed E-state index contributed by atoms with van der Waals surface area (Å²) >= 11 is 0. The molecule has 2 saturated heterocycles. The average Bonchev–Trinajstić information content (AvgIpc) is 3.57. The number of aromatic nitrogens is 3. The van der Waals surface area contributed by atoms with Gasteiger partial charge in [0.1, 0.15) is 23.6 Å². The number of nitrogens with one attached hydrogen (secondary N) is 4. The lowest BCUT2D eigenvalue weighted by Gasteiger charge is -2.19. The van der Waals surface area contributed by atoms with Gasteiger partial charge in [0.15, 0.2) is 0 Å². The second-order valence-electron chi connectivity index (χ2n) is 10.4. The van der Waals surface area contributed by atoms with Crippen LogP contribution in [0.2, 0.25) is 0 Å². The maximum Gasteiger partial charge on any atom is 0.255 e. The van der Waals surface area contributed by atoms with Gasteiger partial charge in [0.2, 0.25) is 11.9 Å². The number of ether oxygens (including phenoxy) is 2. The first-order valence-electron chi connectivity index (χ1n) is 14.3. The number of hydrogen-bond acceptors (Lipinski definition) is 10. The number of benzene rings is 2. The molecule has 2 aromatic carbocycles. The van der Waals surface area contributed by atoms with Gasteiger partial charge in [0.05, 0.1) is 48.1 Å². The highest BCUT2D eigenvalue weighted by atomic mass is 16.5. The molecule has 2 aliphatic rings. The van der Waals surface area contributed by atoms with Gasteiger partial charge < -0.3 is 30.7 Å². The molecule has 4 aromatic rings. The van der Waals surface area contributed by atoms with E-state index in [9.17, 15) is 14.9 Å². The van der Waals surface area contributed by atoms with Crippen LogP contribution in [0.25, 0.3) is 10.9 Å². The highest BCUT2D eigenvalue weighted by Gasteiger charge is 2.23. The molecule has 2 amide bonds. The van der Waals surface area contributed by atoms with Crippen LogP contribution in [0.3, 0.4) is 0 Å². The largest absolute Gasteiger partial charge is 0.486 e. The molecule has 1 atom stereocenters. The first kappa shape index (κ1) is 28.7. The van der Waals surface area contributed by atoms with Crippen LogP contribution in [0, 0.1) is 11.3 Å². The zero-order valence-electron chi connectivity index (χ0n) is 23.8. The van der Waals surface area contributed by atoms with E-state index in [2.05, 4.69) is 42.3 Å². The van der Waals surface area contributed by atoms with Gasteiger partial charge in [-0.15, -0.1) is 0 Å². The van der Waals surface area contributed by atoms with Crippen molar-refractivity contribution < 1.29 is 19.1 Å². The molecular formula is C32H30N8O4. The molecule has 0 bridgehead atoms. The molecule has 44 heavy (non-hydrogen) atoms. The van der Waals surface area contributed by atoms with Crippen LogP contribution in [0.15, 0.2) is 72.7 Å². The Labute approximate surface area is 253 Å². The Morgan fingerprint density at radius 2 is 1.80 bits per heavy atom. The Bertz CT molecular complexity index is 1740. The molecule has 0 spiro atoms. The first-order valence-corrected chi connectivity index (χ1v) is 14.3. The van der Waals surface area contributed by atoms with Crippen LogP contribution in [-0.2, 0) is 9.53 Å². The van der Waals surface area contributed by atoms with Gasteiger partial charge in [0.25, 0.3) is 5.91 Å². The Morgan fingerprint density at radius 3 is 2.52 bits per heavy atom. The smallest absolute Gasteiger partial charge is 0.255 e. The van der Waals surface area contributed by atoms with Crippen molar-refractivity contribution in [2.75, 3.05) is 42.3 Å². The number of amides is 2. The van der Waals surface area contributed by atoms with Gasteiger partial charge in [-0.25, -0.2) is 9.97 Å². The minimum atomic E-state index is -0.283. The molecule has 0 saturated carbocycles. The number of nitriles is 1. The number of carbonyl (C=O) groups excluding carboxylic acids is 2. The lowest BCUT2D eigenvalue weighted by Crippen LogP contribution is -2.24. The summed E-state index contributed by atoms with van der Waals surface area (Å²) in [6.07, 6.45) is 8.20. The van der Waals surface area contributed by atoms with Crippen LogP contribution in [0.5, 0.6) is 5.75 Å². The van der Waals surface area contributed by atoms with Crippen molar-refractivity contribution in [1.82, 2.24) is 20.3 Å². The van der Waals surface area contributed by atoms with E-state index in [0.717, 1.165) is 37.9 Å². The minimum absolute atomic E-state index is 0.156. The Balaban J connectivity index is 1.30. The topological polar surface area (TPSA) is 163 Å². The predicted octanol–water partition coefficient (Wildman–Crippen LogP) is 4.31. The molecule has 0 radical (unpaired) electrons. The number of pyridine rings is 1. The Morgan fingerprint density at radius 1 is 1.00 bits per heavy atom. The van der Waals surface area contributed by atoms with Gasteiger partial charge in [0, 0.05) is 29.6 Å². The van der Waals surface area contributed by atoms with Crippen molar-refractivity contribution in [3.8, 4) is 11.8 Å². The maximum absolute atomic E-state index is 13.2. The fraction of sp³-hybridized carbons (Fsp3) is 0.250. The van der Waals surface area contributed by atoms with E-state index in [4.69, 9.17) is 9.47 Å². The molecule has 2 aromatic heterocycles. The fourth-order valence-electron chi connectivity index (χ4n) is 5.07. The standard InChI is InChI=1S/C32H30N8O4/c33-15-22-16-35-29-25(28(22)40-32-36-17-23(18-37-32)38-31(42)21-4-2-1-3-5-21)6-7-26(44-24-10-13-43-19-24)30(29)39-27(41)14-20-8-11-34-12-9-20/h1-7,14,16-18,24,34H,8-13,19H2,(H,38,42)(H,39,41)(H,35,36,37,40). The van der Waals surface area contributed by atoms with E-state index >= 15 is 0 Å². The van der Waals surface area contributed by atoms with Crippen molar-refractivity contribution in [1.29, 1.82) is 5.26 Å². The van der Waals surface area contributed by atoms with Gasteiger partial charge >= 0.3 is 0 Å².